The average molecular weight is 629 g/mol. The maximum atomic E-state index is 6.90. The molecule has 3 aliphatic heterocycles. The highest BCUT2D eigenvalue weighted by Gasteiger charge is 2.35. The highest BCUT2D eigenvalue weighted by Crippen LogP contribution is 2.40. The van der Waals surface area contributed by atoms with E-state index in [0.717, 1.165) is 73.3 Å². The van der Waals surface area contributed by atoms with Crippen LogP contribution >= 0.6 is 27.5 Å². The van der Waals surface area contributed by atoms with E-state index in [1.807, 2.05) is 6.07 Å². The molecule has 0 saturated carbocycles. The molecule has 4 N–H and O–H groups in total. The van der Waals surface area contributed by atoms with Crippen molar-refractivity contribution in [3.8, 4) is 5.75 Å². The van der Waals surface area contributed by atoms with Crippen LogP contribution in [0.2, 0.25) is 0 Å². The second kappa shape index (κ2) is 11.5. The van der Waals surface area contributed by atoms with Gasteiger partial charge in [-0.25, -0.2) is 4.99 Å². The number of benzene rings is 2. The quantitative estimate of drug-likeness (QED) is 0.452. The van der Waals surface area contributed by atoms with Crippen LogP contribution in [0, 0.1) is 0 Å². The number of nitrogens with two attached hydrogens (primary N) is 1. The molecule has 1 atom stereocenters. The lowest BCUT2D eigenvalue weighted by atomic mass is 10.0. The van der Waals surface area contributed by atoms with Gasteiger partial charge in [-0.15, -0.1) is 0 Å². The van der Waals surface area contributed by atoms with Gasteiger partial charge in [-0.3, -0.25) is 10.6 Å². The van der Waals surface area contributed by atoms with Gasteiger partial charge in [0.25, 0.3) is 0 Å². The largest absolute Gasteiger partial charge is 0.496 e. The molecule has 1 unspecified atom stereocenters. The van der Waals surface area contributed by atoms with Crippen molar-refractivity contribution in [3.63, 3.8) is 0 Å². The molecule has 0 amide bonds. The number of halogens is 2. The van der Waals surface area contributed by atoms with Crippen LogP contribution in [0.4, 0.5) is 11.4 Å². The normalized spacial score (nSPS) is 24.3. The zero-order valence-electron chi connectivity index (χ0n) is 23.4. The Bertz CT molecular complexity index is 1320. The number of piperidine rings is 1. The first-order valence-corrected chi connectivity index (χ1v) is 15.5. The molecule has 10 heteroatoms. The smallest absolute Gasteiger partial charge is 0.214 e. The first kappa shape index (κ1) is 27.8. The summed E-state index contributed by atoms with van der Waals surface area (Å²) in [5.74, 6) is -0.0475. The van der Waals surface area contributed by atoms with Crippen molar-refractivity contribution in [1.82, 2.24) is 15.1 Å². The van der Waals surface area contributed by atoms with Crippen molar-refractivity contribution in [2.45, 2.75) is 43.9 Å². The Morgan fingerprint density at radius 2 is 1.82 bits per heavy atom. The summed E-state index contributed by atoms with van der Waals surface area (Å²) >= 11 is 10.4. The molecule has 6 rings (SSSR count). The van der Waals surface area contributed by atoms with Crippen molar-refractivity contribution in [1.29, 1.82) is 0 Å². The van der Waals surface area contributed by atoms with Crippen molar-refractivity contribution in [3.05, 3.63) is 62.7 Å². The third-order valence-corrected chi connectivity index (χ3v) is 9.76. The minimum absolute atomic E-state index is 0.472. The molecule has 0 bridgehead atoms. The highest BCUT2D eigenvalue weighted by atomic mass is 79.9. The minimum Gasteiger partial charge on any atom is -0.496 e. The van der Waals surface area contributed by atoms with Gasteiger partial charge in [0.1, 0.15) is 11.6 Å². The topological polar surface area (TPSA) is 81.4 Å². The molecule has 4 aliphatic rings. The first-order chi connectivity index (χ1) is 19.3. The van der Waals surface area contributed by atoms with Crippen LogP contribution in [0.1, 0.15) is 36.0 Å². The lowest BCUT2D eigenvalue weighted by Gasteiger charge is -2.43. The van der Waals surface area contributed by atoms with Gasteiger partial charge in [0.15, 0.2) is 0 Å². The number of nitrogens with zero attached hydrogens (tertiary/aromatic N) is 4. The van der Waals surface area contributed by atoms with Crippen molar-refractivity contribution >= 4 is 44.7 Å². The number of anilines is 2. The van der Waals surface area contributed by atoms with Crippen molar-refractivity contribution in [2.75, 3.05) is 63.6 Å². The Morgan fingerprint density at radius 1 is 1.07 bits per heavy atom. The molecule has 3 heterocycles. The lowest BCUT2D eigenvalue weighted by molar-refractivity contribution is 0.0982. The summed E-state index contributed by atoms with van der Waals surface area (Å²) in [5.41, 5.74) is 12.5. The molecular weight excluding hydrogens is 590 g/mol. The van der Waals surface area contributed by atoms with E-state index >= 15 is 0 Å². The van der Waals surface area contributed by atoms with Crippen LogP contribution in [-0.2, 0) is 18.6 Å². The summed E-state index contributed by atoms with van der Waals surface area (Å²) in [4.78, 5) is 12.4. The average Bonchev–Trinajstić information content (AvgIpc) is 3.44. The van der Waals surface area contributed by atoms with Gasteiger partial charge in [0, 0.05) is 67.7 Å². The number of hydrogen-bond donors (Lipinski definition) is 3. The summed E-state index contributed by atoms with van der Waals surface area (Å²) in [7, 11) is 3.89. The molecule has 214 valence electrons. The number of hydrogen-bond acceptors (Lipinski definition) is 8. The number of amidine groups is 1. The first-order valence-electron chi connectivity index (χ1n) is 14.3. The Morgan fingerprint density at radius 3 is 2.58 bits per heavy atom. The van der Waals surface area contributed by atoms with Crippen LogP contribution in [-0.4, -0.2) is 75.1 Å². The predicted octanol–water partition coefficient (Wildman–Crippen LogP) is 4.43. The summed E-state index contributed by atoms with van der Waals surface area (Å²) < 4.78 is 6.85. The van der Waals surface area contributed by atoms with E-state index in [1.54, 1.807) is 13.3 Å². The van der Waals surface area contributed by atoms with E-state index in [2.05, 4.69) is 72.6 Å². The van der Waals surface area contributed by atoms with E-state index in [9.17, 15) is 0 Å². The monoisotopic (exact) mass is 627 g/mol. The fraction of sp³-hybridized carbons (Fsp3) is 0.500. The summed E-state index contributed by atoms with van der Waals surface area (Å²) in [5, 5.41) is 7.07. The van der Waals surface area contributed by atoms with Crippen molar-refractivity contribution in [2.24, 2.45) is 10.7 Å². The number of methoxy groups -OCH3 is 1. The molecule has 2 aromatic rings. The van der Waals surface area contributed by atoms with Crippen LogP contribution in [0.25, 0.3) is 0 Å². The molecule has 8 nitrogen and oxygen atoms in total. The fourth-order valence-corrected chi connectivity index (χ4v) is 7.16. The van der Waals surface area contributed by atoms with E-state index in [1.165, 1.54) is 30.6 Å². The number of likely N-dealkylation sites (N-methyl/N-ethyl adjacent to an activating group) is 1. The molecule has 0 spiro atoms. The Hall–Kier alpha value is -2.30. The van der Waals surface area contributed by atoms with Crippen LogP contribution in [0.15, 0.2) is 51.0 Å². The molecule has 2 saturated heterocycles. The van der Waals surface area contributed by atoms with Gasteiger partial charge >= 0.3 is 0 Å². The molecule has 40 heavy (non-hydrogen) atoms. The molecule has 0 aromatic heterocycles. The number of fused-ring (bicyclic) bond motifs is 1. The Kier molecular flexibility index (Phi) is 8.03. The van der Waals surface area contributed by atoms with E-state index in [0.29, 0.717) is 22.7 Å². The number of ether oxygens (including phenoxy) is 1. The zero-order chi connectivity index (χ0) is 27.9. The fourth-order valence-electron chi connectivity index (χ4n) is 6.43. The molecular formula is C30H39BrClN7O. The second-order valence-electron chi connectivity index (χ2n) is 11.4. The third kappa shape index (κ3) is 5.59. The molecule has 2 fully saturated rings. The van der Waals surface area contributed by atoms with Gasteiger partial charge in [-0.1, -0.05) is 17.7 Å². The van der Waals surface area contributed by atoms with Crippen LogP contribution in [0.5, 0.6) is 5.75 Å². The molecule has 1 aliphatic carbocycles. The number of aryl methyl sites for hydroxylation is 2. The summed E-state index contributed by atoms with van der Waals surface area (Å²) in [6.45, 7) is 6.67. The summed E-state index contributed by atoms with van der Waals surface area (Å²) in [6, 6.07) is 11.2. The second-order valence-corrected chi connectivity index (χ2v) is 12.6. The van der Waals surface area contributed by atoms with E-state index < -0.39 is 5.79 Å². The van der Waals surface area contributed by atoms with Gasteiger partial charge in [-0.05, 0) is 84.4 Å². The van der Waals surface area contributed by atoms with E-state index in [-0.39, 0.29) is 0 Å². The SMILES string of the molecule is COc1cc(N2CCC(N3CCN(C)CC3)CC2)c(Br)cc1C1(N)N=C(Nc2ccc3c(c2)CCC3)C(Cl)=CN1. The van der Waals surface area contributed by atoms with Gasteiger partial charge in [0.05, 0.1) is 23.4 Å². The van der Waals surface area contributed by atoms with E-state index in [4.69, 9.17) is 27.1 Å². The number of aliphatic imine (C=N–C) groups is 1. The standard InChI is InChI=1S/C30H39BrClN7O/c1-37-12-14-38(15-13-37)23-8-10-39(11-9-23)27-18-28(40-2)24(17-25(27)31)30(33)34-19-26(32)29(36-30)35-22-7-6-20-4-3-5-21(20)16-22/h6-7,16-19,23,34H,3-5,8-15,33H2,1-2H3,(H,35,36). The van der Waals surface area contributed by atoms with Gasteiger partial charge in [-0.2, -0.15) is 0 Å². The Balaban J connectivity index is 1.20. The lowest BCUT2D eigenvalue weighted by Crippen LogP contribution is -2.52. The number of rotatable bonds is 5. The summed E-state index contributed by atoms with van der Waals surface area (Å²) in [6.07, 6.45) is 7.48. The van der Waals surface area contributed by atoms with Crippen LogP contribution in [0.3, 0.4) is 0 Å². The maximum Gasteiger partial charge on any atom is 0.214 e. The highest BCUT2D eigenvalue weighted by molar-refractivity contribution is 9.10. The van der Waals surface area contributed by atoms with Gasteiger partial charge in [0.2, 0.25) is 5.79 Å². The molecule has 0 radical (unpaired) electrons. The Labute approximate surface area is 250 Å². The molecule has 2 aromatic carbocycles. The number of nitrogens with one attached hydrogen (secondary N) is 2. The van der Waals surface area contributed by atoms with Gasteiger partial charge < -0.3 is 25.2 Å². The van der Waals surface area contributed by atoms with Crippen molar-refractivity contribution < 1.29 is 4.74 Å². The maximum absolute atomic E-state index is 6.90. The minimum atomic E-state index is -1.25. The third-order valence-electron chi connectivity index (χ3n) is 8.83. The van der Waals surface area contributed by atoms with Crippen LogP contribution < -0.4 is 26.0 Å². The number of piperazine rings is 1. The zero-order valence-corrected chi connectivity index (χ0v) is 25.7. The predicted molar refractivity (Wildman–Crippen MR) is 167 cm³/mol.